The van der Waals surface area contributed by atoms with E-state index in [0.717, 1.165) is 10.5 Å². The number of rotatable bonds is 0. The van der Waals surface area contributed by atoms with Crippen LogP contribution in [-0.2, 0) is 0 Å². The second kappa shape index (κ2) is 2.36. The van der Waals surface area contributed by atoms with Crippen LogP contribution in [0.4, 0.5) is 0 Å². The summed E-state index contributed by atoms with van der Waals surface area (Å²) in [5.41, 5.74) is 6.31. The molecule has 2 nitrogen and oxygen atoms in total. The van der Waals surface area contributed by atoms with Crippen LogP contribution < -0.4 is 5.73 Å². The molecule has 0 bridgehead atoms. The van der Waals surface area contributed by atoms with Gasteiger partial charge in [0, 0.05) is 10.5 Å². The molecule has 0 radical (unpaired) electrons. The predicted octanol–water partition coefficient (Wildman–Crippen LogP) is 1.26. The molecule has 0 aromatic heterocycles. The van der Waals surface area contributed by atoms with E-state index in [-0.39, 0.29) is 11.2 Å². The van der Waals surface area contributed by atoms with Gasteiger partial charge in [0.25, 0.3) is 0 Å². The van der Waals surface area contributed by atoms with Gasteiger partial charge < -0.3 is 5.73 Å². The molecule has 1 aromatic rings. The summed E-state index contributed by atoms with van der Waals surface area (Å²) in [4.78, 5) is 12.3. The van der Waals surface area contributed by atoms with Gasteiger partial charge in [0.15, 0.2) is 5.78 Å². The van der Waals surface area contributed by atoms with E-state index in [0.29, 0.717) is 0 Å². The van der Waals surface area contributed by atoms with Crippen LogP contribution in [0.3, 0.4) is 0 Å². The Morgan fingerprint density at radius 3 is 2.82 bits per heavy atom. The van der Waals surface area contributed by atoms with Gasteiger partial charge in [0.2, 0.25) is 0 Å². The maximum atomic E-state index is 11.3. The second-order valence-corrected chi connectivity index (χ2v) is 3.58. The average molecular weight is 165 g/mol. The van der Waals surface area contributed by atoms with Crippen molar-refractivity contribution in [2.75, 3.05) is 0 Å². The molecular weight excluding hydrogens is 158 g/mol. The molecule has 1 aromatic carbocycles. The molecule has 1 unspecified atom stereocenters. The number of thioether (sulfide) groups is 1. The lowest BCUT2D eigenvalue weighted by Crippen LogP contribution is -2.21. The number of fused-ring (bicyclic) bond motifs is 1. The molecule has 11 heavy (non-hydrogen) atoms. The summed E-state index contributed by atoms with van der Waals surface area (Å²) in [6, 6.07) is 7.51. The summed E-state index contributed by atoms with van der Waals surface area (Å²) >= 11 is 1.43. The van der Waals surface area contributed by atoms with Crippen molar-refractivity contribution in [3.05, 3.63) is 29.8 Å². The summed E-state index contributed by atoms with van der Waals surface area (Å²) in [5.74, 6) is 0.0469. The van der Waals surface area contributed by atoms with Gasteiger partial charge in [-0.1, -0.05) is 30.0 Å². The van der Waals surface area contributed by atoms with E-state index in [9.17, 15) is 4.79 Å². The number of Topliss-reactive ketones (excluding diaryl/α,β-unsaturated/α-hetero) is 1. The van der Waals surface area contributed by atoms with Gasteiger partial charge in [0.1, 0.15) is 5.37 Å². The quantitative estimate of drug-likeness (QED) is 0.629. The summed E-state index contributed by atoms with van der Waals surface area (Å²) in [6.45, 7) is 0. The van der Waals surface area contributed by atoms with E-state index in [1.165, 1.54) is 11.8 Å². The summed E-state index contributed by atoms with van der Waals surface area (Å²) < 4.78 is 0. The molecule has 0 aliphatic carbocycles. The van der Waals surface area contributed by atoms with Gasteiger partial charge in [-0.3, -0.25) is 4.79 Å². The minimum atomic E-state index is -0.382. The van der Waals surface area contributed by atoms with E-state index in [4.69, 9.17) is 5.73 Å². The molecule has 2 rings (SSSR count). The van der Waals surface area contributed by atoms with Crippen molar-refractivity contribution >= 4 is 17.5 Å². The Morgan fingerprint density at radius 1 is 1.36 bits per heavy atom. The highest BCUT2D eigenvalue weighted by Gasteiger charge is 2.27. The molecular formula is C8H7NOS. The first-order valence-electron chi connectivity index (χ1n) is 3.34. The highest BCUT2D eigenvalue weighted by atomic mass is 32.2. The summed E-state index contributed by atoms with van der Waals surface area (Å²) in [5, 5.41) is -0.382. The maximum absolute atomic E-state index is 11.3. The summed E-state index contributed by atoms with van der Waals surface area (Å²) in [7, 11) is 0. The van der Waals surface area contributed by atoms with E-state index in [1.807, 2.05) is 24.3 Å². The number of ketones is 1. The van der Waals surface area contributed by atoms with Gasteiger partial charge in [0.05, 0.1) is 0 Å². The van der Waals surface area contributed by atoms with Gasteiger partial charge in [-0.2, -0.15) is 0 Å². The number of carbonyl (C=O) groups is 1. The van der Waals surface area contributed by atoms with Crippen molar-refractivity contribution < 1.29 is 4.79 Å². The largest absolute Gasteiger partial charge is 0.313 e. The topological polar surface area (TPSA) is 43.1 Å². The van der Waals surface area contributed by atoms with E-state index in [1.54, 1.807) is 0 Å². The highest BCUT2D eigenvalue weighted by Crippen LogP contribution is 2.33. The molecule has 0 amide bonds. The molecule has 1 atom stereocenters. The minimum Gasteiger partial charge on any atom is -0.313 e. The lowest BCUT2D eigenvalue weighted by molar-refractivity contribution is 0.0993. The van der Waals surface area contributed by atoms with Gasteiger partial charge >= 0.3 is 0 Å². The zero-order valence-electron chi connectivity index (χ0n) is 5.78. The molecule has 0 saturated carbocycles. The average Bonchev–Trinajstić information content (AvgIpc) is 2.30. The molecule has 0 spiro atoms. The number of carbonyl (C=O) groups excluding carboxylic acids is 1. The number of hydrogen-bond acceptors (Lipinski definition) is 3. The SMILES string of the molecule is NC1Sc2ccccc2C1=O. The van der Waals surface area contributed by atoms with Gasteiger partial charge in [-0.25, -0.2) is 0 Å². The first-order chi connectivity index (χ1) is 5.29. The number of nitrogens with two attached hydrogens (primary N) is 1. The number of hydrogen-bond donors (Lipinski definition) is 1. The first kappa shape index (κ1) is 6.88. The zero-order valence-corrected chi connectivity index (χ0v) is 6.60. The van der Waals surface area contributed by atoms with E-state index >= 15 is 0 Å². The Morgan fingerprint density at radius 2 is 2.09 bits per heavy atom. The Kier molecular flexibility index (Phi) is 1.47. The third-order valence-corrected chi connectivity index (χ3v) is 2.74. The summed E-state index contributed by atoms with van der Waals surface area (Å²) in [6.07, 6.45) is 0. The number of benzene rings is 1. The molecule has 2 N–H and O–H groups in total. The third kappa shape index (κ3) is 0.968. The highest BCUT2D eigenvalue weighted by molar-refractivity contribution is 8.01. The van der Waals surface area contributed by atoms with Crippen molar-refractivity contribution in [1.82, 2.24) is 0 Å². The molecule has 1 heterocycles. The van der Waals surface area contributed by atoms with Crippen molar-refractivity contribution in [2.24, 2.45) is 5.73 Å². The van der Waals surface area contributed by atoms with E-state index < -0.39 is 0 Å². The van der Waals surface area contributed by atoms with Gasteiger partial charge in [-0.15, -0.1) is 0 Å². The zero-order chi connectivity index (χ0) is 7.84. The van der Waals surface area contributed by atoms with Crippen LogP contribution in [0.1, 0.15) is 10.4 Å². The Balaban J connectivity index is 2.55. The lowest BCUT2D eigenvalue weighted by Gasteiger charge is -1.93. The van der Waals surface area contributed by atoms with Crippen LogP contribution >= 0.6 is 11.8 Å². The normalized spacial score (nSPS) is 21.9. The second-order valence-electron chi connectivity index (χ2n) is 2.40. The van der Waals surface area contributed by atoms with Crippen LogP contribution in [0.5, 0.6) is 0 Å². The van der Waals surface area contributed by atoms with Crippen LogP contribution in [0, 0.1) is 0 Å². The molecule has 0 saturated heterocycles. The fourth-order valence-corrected chi connectivity index (χ4v) is 2.08. The smallest absolute Gasteiger partial charge is 0.191 e. The fraction of sp³-hybridized carbons (Fsp3) is 0.125. The predicted molar refractivity (Wildman–Crippen MR) is 44.6 cm³/mol. The van der Waals surface area contributed by atoms with Crippen LogP contribution in [0.15, 0.2) is 29.2 Å². The minimum absolute atomic E-state index is 0.0469. The molecule has 3 heteroatoms. The van der Waals surface area contributed by atoms with Crippen molar-refractivity contribution in [1.29, 1.82) is 0 Å². The maximum Gasteiger partial charge on any atom is 0.191 e. The van der Waals surface area contributed by atoms with Crippen LogP contribution in [0.2, 0.25) is 0 Å². The Labute approximate surface area is 68.8 Å². The standard InChI is InChI=1S/C8H7NOS/c9-8-7(10)5-3-1-2-4-6(5)11-8/h1-4,8H,9H2. The Bertz CT molecular complexity index is 311. The van der Waals surface area contributed by atoms with Crippen molar-refractivity contribution in [3.63, 3.8) is 0 Å². The Hall–Kier alpha value is -0.800. The van der Waals surface area contributed by atoms with Crippen LogP contribution in [0.25, 0.3) is 0 Å². The van der Waals surface area contributed by atoms with E-state index in [2.05, 4.69) is 0 Å². The molecule has 1 aliphatic rings. The van der Waals surface area contributed by atoms with Crippen molar-refractivity contribution in [2.45, 2.75) is 10.3 Å². The lowest BCUT2D eigenvalue weighted by atomic mass is 10.1. The monoisotopic (exact) mass is 165 g/mol. The van der Waals surface area contributed by atoms with Gasteiger partial charge in [-0.05, 0) is 6.07 Å². The van der Waals surface area contributed by atoms with Crippen LogP contribution in [-0.4, -0.2) is 11.2 Å². The molecule has 1 aliphatic heterocycles. The van der Waals surface area contributed by atoms with Crippen molar-refractivity contribution in [3.8, 4) is 0 Å². The first-order valence-corrected chi connectivity index (χ1v) is 4.22. The molecule has 56 valence electrons. The fourth-order valence-electron chi connectivity index (χ4n) is 1.12. The third-order valence-electron chi connectivity index (χ3n) is 1.66. The molecule has 0 fully saturated rings.